The minimum absolute atomic E-state index is 0.0377. The SMILES string of the molecule is Cc1cc(C(C)(C)C)ccc1Cc1nccc(C(F)(F)F)n1. The third-order valence-electron chi connectivity index (χ3n) is 3.55. The van der Waals surface area contributed by atoms with Gasteiger partial charge in [0.2, 0.25) is 0 Å². The first kappa shape index (κ1) is 16.5. The average molecular weight is 308 g/mol. The molecule has 0 fully saturated rings. The number of benzene rings is 1. The van der Waals surface area contributed by atoms with Gasteiger partial charge < -0.3 is 0 Å². The molecule has 1 aromatic heterocycles. The van der Waals surface area contributed by atoms with Gasteiger partial charge in [-0.05, 0) is 35.1 Å². The van der Waals surface area contributed by atoms with Gasteiger partial charge in [0.1, 0.15) is 11.5 Å². The maximum absolute atomic E-state index is 12.7. The Bertz CT molecular complexity index is 670. The van der Waals surface area contributed by atoms with Crippen molar-refractivity contribution in [2.75, 3.05) is 0 Å². The van der Waals surface area contributed by atoms with E-state index in [0.717, 1.165) is 23.4 Å². The molecule has 118 valence electrons. The Hall–Kier alpha value is -1.91. The standard InChI is InChI=1S/C17H19F3N2/c1-11-9-13(16(2,3)4)6-5-12(11)10-15-21-8-7-14(22-15)17(18,19)20/h5-9H,10H2,1-4H3. The van der Waals surface area contributed by atoms with Crippen molar-refractivity contribution in [2.24, 2.45) is 0 Å². The largest absolute Gasteiger partial charge is 0.433 e. The van der Waals surface area contributed by atoms with Crippen molar-refractivity contribution in [1.29, 1.82) is 0 Å². The summed E-state index contributed by atoms with van der Waals surface area (Å²) in [5.74, 6) is 0.182. The summed E-state index contributed by atoms with van der Waals surface area (Å²) in [6.07, 6.45) is -2.99. The first-order valence-electron chi connectivity index (χ1n) is 7.06. The van der Waals surface area contributed by atoms with E-state index in [2.05, 4.69) is 36.8 Å². The fourth-order valence-corrected chi connectivity index (χ4v) is 2.17. The van der Waals surface area contributed by atoms with Crippen molar-refractivity contribution in [1.82, 2.24) is 9.97 Å². The second-order valence-electron chi connectivity index (χ2n) is 6.42. The van der Waals surface area contributed by atoms with Crippen LogP contribution in [0.25, 0.3) is 0 Å². The van der Waals surface area contributed by atoms with Crippen LogP contribution in [0, 0.1) is 6.92 Å². The quantitative estimate of drug-likeness (QED) is 0.804. The molecule has 0 radical (unpaired) electrons. The number of nitrogens with zero attached hydrogens (tertiary/aromatic N) is 2. The Morgan fingerprint density at radius 1 is 1.05 bits per heavy atom. The molecule has 0 amide bonds. The Labute approximate surface area is 128 Å². The lowest BCUT2D eigenvalue weighted by Gasteiger charge is -2.20. The molecule has 2 nitrogen and oxygen atoms in total. The van der Waals surface area contributed by atoms with Gasteiger partial charge in [-0.2, -0.15) is 13.2 Å². The Kier molecular flexibility index (Phi) is 4.27. The van der Waals surface area contributed by atoms with Gasteiger partial charge in [0, 0.05) is 12.6 Å². The van der Waals surface area contributed by atoms with Crippen LogP contribution in [0.3, 0.4) is 0 Å². The Morgan fingerprint density at radius 2 is 1.73 bits per heavy atom. The highest BCUT2D eigenvalue weighted by molar-refractivity contribution is 5.36. The second kappa shape index (κ2) is 5.71. The van der Waals surface area contributed by atoms with Crippen LogP contribution in [-0.4, -0.2) is 9.97 Å². The molecule has 0 spiro atoms. The number of aryl methyl sites for hydroxylation is 1. The summed E-state index contributed by atoms with van der Waals surface area (Å²) in [4.78, 5) is 7.56. The summed E-state index contributed by atoms with van der Waals surface area (Å²) in [5.41, 5.74) is 2.30. The number of rotatable bonds is 2. The van der Waals surface area contributed by atoms with Crippen molar-refractivity contribution < 1.29 is 13.2 Å². The molecular formula is C17H19F3N2. The third-order valence-corrected chi connectivity index (χ3v) is 3.55. The van der Waals surface area contributed by atoms with Crippen LogP contribution in [0.4, 0.5) is 13.2 Å². The Balaban J connectivity index is 2.28. The van der Waals surface area contributed by atoms with E-state index >= 15 is 0 Å². The molecular weight excluding hydrogens is 289 g/mol. The molecule has 0 aliphatic heterocycles. The van der Waals surface area contributed by atoms with E-state index < -0.39 is 11.9 Å². The molecule has 1 heterocycles. The van der Waals surface area contributed by atoms with Crippen molar-refractivity contribution in [3.63, 3.8) is 0 Å². The van der Waals surface area contributed by atoms with E-state index in [4.69, 9.17) is 0 Å². The molecule has 0 bridgehead atoms. The van der Waals surface area contributed by atoms with Gasteiger partial charge >= 0.3 is 6.18 Å². The van der Waals surface area contributed by atoms with Gasteiger partial charge in [0.15, 0.2) is 0 Å². The molecule has 1 aromatic carbocycles. The lowest BCUT2D eigenvalue weighted by atomic mass is 9.85. The fraction of sp³-hybridized carbons (Fsp3) is 0.412. The molecule has 2 rings (SSSR count). The molecule has 22 heavy (non-hydrogen) atoms. The molecule has 2 aromatic rings. The van der Waals surface area contributed by atoms with Gasteiger partial charge in [-0.3, -0.25) is 0 Å². The molecule has 0 saturated heterocycles. The lowest BCUT2D eigenvalue weighted by Crippen LogP contribution is -2.12. The summed E-state index contributed by atoms with van der Waals surface area (Å²) in [7, 11) is 0. The van der Waals surface area contributed by atoms with Crippen LogP contribution < -0.4 is 0 Å². The summed E-state index contributed by atoms with van der Waals surface area (Å²) < 4.78 is 38.0. The summed E-state index contributed by atoms with van der Waals surface area (Å²) in [5, 5.41) is 0. The second-order valence-corrected chi connectivity index (χ2v) is 6.42. The topological polar surface area (TPSA) is 25.8 Å². The van der Waals surface area contributed by atoms with Crippen LogP contribution in [0.15, 0.2) is 30.5 Å². The minimum atomic E-state index is -4.44. The normalized spacial score (nSPS) is 12.5. The predicted octanol–water partition coefficient (Wildman–Crippen LogP) is 4.69. The maximum Gasteiger partial charge on any atom is 0.433 e. The highest BCUT2D eigenvalue weighted by Gasteiger charge is 2.32. The average Bonchev–Trinajstić information content (AvgIpc) is 2.39. The monoisotopic (exact) mass is 308 g/mol. The van der Waals surface area contributed by atoms with Crippen molar-refractivity contribution in [3.05, 3.63) is 58.7 Å². The van der Waals surface area contributed by atoms with E-state index in [-0.39, 0.29) is 11.2 Å². The fourth-order valence-electron chi connectivity index (χ4n) is 2.17. The number of alkyl halides is 3. The van der Waals surface area contributed by atoms with E-state index in [9.17, 15) is 13.2 Å². The highest BCUT2D eigenvalue weighted by atomic mass is 19.4. The summed E-state index contributed by atoms with van der Waals surface area (Å²) >= 11 is 0. The van der Waals surface area contributed by atoms with Gasteiger partial charge in [-0.15, -0.1) is 0 Å². The third kappa shape index (κ3) is 3.84. The van der Waals surface area contributed by atoms with Gasteiger partial charge in [0.25, 0.3) is 0 Å². The van der Waals surface area contributed by atoms with Gasteiger partial charge in [-0.1, -0.05) is 39.0 Å². The zero-order chi connectivity index (χ0) is 16.5. The number of halogens is 3. The first-order valence-corrected chi connectivity index (χ1v) is 7.06. The van der Waals surface area contributed by atoms with E-state index in [1.165, 1.54) is 5.56 Å². The number of hydrogen-bond donors (Lipinski definition) is 0. The van der Waals surface area contributed by atoms with Crippen LogP contribution in [-0.2, 0) is 18.0 Å². The minimum Gasteiger partial charge on any atom is -0.241 e. The van der Waals surface area contributed by atoms with Crippen molar-refractivity contribution in [2.45, 2.75) is 45.7 Å². The van der Waals surface area contributed by atoms with E-state index in [0.29, 0.717) is 6.42 Å². The zero-order valence-electron chi connectivity index (χ0n) is 13.1. The van der Waals surface area contributed by atoms with Crippen LogP contribution in [0.2, 0.25) is 0 Å². The predicted molar refractivity (Wildman–Crippen MR) is 79.7 cm³/mol. The first-order chi connectivity index (χ1) is 10.1. The lowest BCUT2D eigenvalue weighted by molar-refractivity contribution is -0.141. The van der Waals surface area contributed by atoms with Gasteiger partial charge in [-0.25, -0.2) is 9.97 Å². The number of aromatic nitrogens is 2. The van der Waals surface area contributed by atoms with Crippen molar-refractivity contribution in [3.8, 4) is 0 Å². The molecule has 0 atom stereocenters. The highest BCUT2D eigenvalue weighted by Crippen LogP contribution is 2.28. The molecule has 0 aliphatic carbocycles. The van der Waals surface area contributed by atoms with E-state index in [1.54, 1.807) is 0 Å². The zero-order valence-corrected chi connectivity index (χ0v) is 13.1. The van der Waals surface area contributed by atoms with Crippen LogP contribution >= 0.6 is 0 Å². The molecule has 0 aliphatic rings. The maximum atomic E-state index is 12.7. The smallest absolute Gasteiger partial charge is 0.241 e. The summed E-state index contributed by atoms with van der Waals surface area (Å²) in [6.45, 7) is 8.32. The van der Waals surface area contributed by atoms with E-state index in [1.807, 2.05) is 19.1 Å². The Morgan fingerprint density at radius 3 is 2.27 bits per heavy atom. The number of hydrogen-bond acceptors (Lipinski definition) is 2. The van der Waals surface area contributed by atoms with Crippen molar-refractivity contribution >= 4 is 0 Å². The van der Waals surface area contributed by atoms with Crippen LogP contribution in [0.1, 0.15) is 49.0 Å². The summed E-state index contributed by atoms with van der Waals surface area (Å²) in [6, 6.07) is 6.91. The molecule has 0 saturated carbocycles. The van der Waals surface area contributed by atoms with Gasteiger partial charge in [0.05, 0.1) is 0 Å². The molecule has 0 unspecified atom stereocenters. The molecule has 0 N–H and O–H groups in total. The van der Waals surface area contributed by atoms with Crippen LogP contribution in [0.5, 0.6) is 0 Å². The molecule has 5 heteroatoms.